The van der Waals surface area contributed by atoms with E-state index in [1.54, 1.807) is 35.2 Å². The van der Waals surface area contributed by atoms with Crippen molar-refractivity contribution >= 4 is 11.7 Å². The summed E-state index contributed by atoms with van der Waals surface area (Å²) in [7, 11) is 0. The van der Waals surface area contributed by atoms with Gasteiger partial charge in [0.2, 0.25) is 0 Å². The number of phenols is 1. The lowest BCUT2D eigenvalue weighted by Gasteiger charge is -2.30. The molecule has 3 rings (SSSR count). The highest BCUT2D eigenvalue weighted by molar-refractivity contribution is 5.98. The van der Waals surface area contributed by atoms with Crippen LogP contribution in [0.1, 0.15) is 40.5 Å². The van der Waals surface area contributed by atoms with E-state index in [1.807, 2.05) is 6.07 Å². The van der Waals surface area contributed by atoms with Gasteiger partial charge in [-0.25, -0.2) is 0 Å². The van der Waals surface area contributed by atoms with Gasteiger partial charge in [-0.05, 0) is 55.2 Å². The average molecular weight is 339 g/mol. The van der Waals surface area contributed by atoms with Gasteiger partial charge < -0.3 is 15.1 Å². The Balaban J connectivity index is 1.90. The molecule has 5 nitrogen and oxygen atoms in total. The number of hydrogen-bond acceptors (Lipinski definition) is 4. The molecule has 2 aromatic rings. The number of ketones is 1. The molecule has 1 fully saturated rings. The predicted octanol–water partition coefficient (Wildman–Crippen LogP) is 2.86. The van der Waals surface area contributed by atoms with E-state index in [0.29, 0.717) is 18.7 Å². The van der Waals surface area contributed by atoms with Gasteiger partial charge in [0.1, 0.15) is 5.75 Å². The number of Topliss-reactive ketones (excluding diaryl/α,β-unsaturated/α-hetero) is 1. The average Bonchev–Trinajstić information content (AvgIpc) is 2.61. The molecule has 2 N–H and O–H groups in total. The van der Waals surface area contributed by atoms with Gasteiger partial charge in [0.05, 0.1) is 11.7 Å². The fraction of sp³-hybridized carbons (Fsp3) is 0.300. The maximum absolute atomic E-state index is 12.7. The number of aromatic hydroxyl groups is 1. The molecule has 130 valence electrons. The SMILES string of the molecule is CC(=O)c1cc(-c2cccc(C(=O)N3CCC[C@@H](O)C3)c2)ccc1O. The second kappa shape index (κ2) is 7.07. The van der Waals surface area contributed by atoms with Gasteiger partial charge in [-0.2, -0.15) is 0 Å². The zero-order valence-electron chi connectivity index (χ0n) is 14.1. The normalized spacial score (nSPS) is 17.4. The van der Waals surface area contributed by atoms with Crippen molar-refractivity contribution in [2.75, 3.05) is 13.1 Å². The van der Waals surface area contributed by atoms with E-state index in [9.17, 15) is 19.8 Å². The maximum Gasteiger partial charge on any atom is 0.253 e. The van der Waals surface area contributed by atoms with Crippen LogP contribution in [0.2, 0.25) is 0 Å². The molecule has 0 unspecified atom stereocenters. The summed E-state index contributed by atoms with van der Waals surface area (Å²) in [6.45, 7) is 2.41. The Labute approximate surface area is 146 Å². The fourth-order valence-electron chi connectivity index (χ4n) is 3.15. The molecular weight excluding hydrogens is 318 g/mol. The quantitative estimate of drug-likeness (QED) is 0.843. The summed E-state index contributed by atoms with van der Waals surface area (Å²) in [5.41, 5.74) is 2.36. The molecular formula is C20H21NO4. The molecule has 1 aliphatic heterocycles. The van der Waals surface area contributed by atoms with Crippen LogP contribution in [0.15, 0.2) is 42.5 Å². The first-order valence-electron chi connectivity index (χ1n) is 8.37. The van der Waals surface area contributed by atoms with Gasteiger partial charge in [0.25, 0.3) is 5.91 Å². The highest BCUT2D eigenvalue weighted by atomic mass is 16.3. The van der Waals surface area contributed by atoms with Crippen molar-refractivity contribution in [2.45, 2.75) is 25.9 Å². The number of likely N-dealkylation sites (tertiary alicyclic amines) is 1. The smallest absolute Gasteiger partial charge is 0.253 e. The lowest BCUT2D eigenvalue weighted by atomic mass is 9.98. The number of aliphatic hydroxyl groups is 1. The fourth-order valence-corrected chi connectivity index (χ4v) is 3.15. The Morgan fingerprint density at radius 3 is 2.60 bits per heavy atom. The number of hydrogen-bond donors (Lipinski definition) is 2. The third-order valence-electron chi connectivity index (χ3n) is 4.50. The highest BCUT2D eigenvalue weighted by Crippen LogP contribution is 2.27. The molecule has 1 atom stereocenters. The number of rotatable bonds is 3. The standard InChI is InChI=1S/C20H21NO4/c1-13(22)18-11-15(7-8-19(18)24)14-4-2-5-16(10-14)20(25)21-9-3-6-17(23)12-21/h2,4-5,7-8,10-11,17,23-24H,3,6,9,12H2,1H3/t17-/m1/s1. The summed E-state index contributed by atoms with van der Waals surface area (Å²) < 4.78 is 0. The zero-order valence-corrected chi connectivity index (χ0v) is 14.1. The predicted molar refractivity (Wildman–Crippen MR) is 94.7 cm³/mol. The van der Waals surface area contributed by atoms with Crippen molar-refractivity contribution in [3.8, 4) is 16.9 Å². The van der Waals surface area contributed by atoms with Crippen LogP contribution in [0.3, 0.4) is 0 Å². The minimum Gasteiger partial charge on any atom is -0.507 e. The van der Waals surface area contributed by atoms with Crippen LogP contribution in [0, 0.1) is 0 Å². The van der Waals surface area contributed by atoms with E-state index in [0.717, 1.165) is 24.0 Å². The molecule has 0 aromatic heterocycles. The number of amides is 1. The third kappa shape index (κ3) is 3.72. The number of β-amino-alcohol motifs (C(OH)–C–C–N with tert-alkyl or cyclic N) is 1. The Morgan fingerprint density at radius 2 is 1.88 bits per heavy atom. The number of carbonyl (C=O) groups is 2. The molecule has 1 amide bonds. The van der Waals surface area contributed by atoms with E-state index in [4.69, 9.17) is 0 Å². The Bertz CT molecular complexity index is 815. The minimum absolute atomic E-state index is 0.0502. The topological polar surface area (TPSA) is 77.8 Å². The molecule has 1 saturated heterocycles. The number of aliphatic hydroxyl groups excluding tert-OH is 1. The summed E-state index contributed by atoms with van der Waals surface area (Å²) in [6, 6.07) is 12.0. The summed E-state index contributed by atoms with van der Waals surface area (Å²) in [6.07, 6.45) is 1.06. The van der Waals surface area contributed by atoms with Crippen LogP contribution in [-0.4, -0.2) is 46.0 Å². The van der Waals surface area contributed by atoms with Crippen LogP contribution in [0.5, 0.6) is 5.75 Å². The van der Waals surface area contributed by atoms with Crippen molar-refractivity contribution in [3.05, 3.63) is 53.6 Å². The molecule has 0 saturated carbocycles. The zero-order chi connectivity index (χ0) is 18.0. The second-order valence-electron chi connectivity index (χ2n) is 6.42. The van der Waals surface area contributed by atoms with Gasteiger partial charge in [0, 0.05) is 18.7 Å². The third-order valence-corrected chi connectivity index (χ3v) is 4.50. The van der Waals surface area contributed by atoms with Crippen molar-refractivity contribution in [1.29, 1.82) is 0 Å². The Hall–Kier alpha value is -2.66. The van der Waals surface area contributed by atoms with Crippen LogP contribution in [0.25, 0.3) is 11.1 Å². The van der Waals surface area contributed by atoms with Gasteiger partial charge in [0.15, 0.2) is 5.78 Å². The Kier molecular flexibility index (Phi) is 4.86. The molecule has 0 spiro atoms. The van der Waals surface area contributed by atoms with E-state index in [2.05, 4.69) is 0 Å². The maximum atomic E-state index is 12.7. The minimum atomic E-state index is -0.462. The van der Waals surface area contributed by atoms with Gasteiger partial charge >= 0.3 is 0 Å². The summed E-state index contributed by atoms with van der Waals surface area (Å²) in [5.74, 6) is -0.370. The first-order valence-corrected chi connectivity index (χ1v) is 8.37. The molecule has 0 radical (unpaired) electrons. The number of carbonyl (C=O) groups excluding carboxylic acids is 2. The van der Waals surface area contributed by atoms with Crippen LogP contribution >= 0.6 is 0 Å². The largest absolute Gasteiger partial charge is 0.507 e. The molecule has 25 heavy (non-hydrogen) atoms. The molecule has 1 heterocycles. The Morgan fingerprint density at radius 1 is 1.12 bits per heavy atom. The number of nitrogens with zero attached hydrogens (tertiary/aromatic N) is 1. The van der Waals surface area contributed by atoms with Crippen LogP contribution < -0.4 is 0 Å². The van der Waals surface area contributed by atoms with E-state index >= 15 is 0 Å². The number of piperidine rings is 1. The van der Waals surface area contributed by atoms with E-state index < -0.39 is 6.10 Å². The lowest BCUT2D eigenvalue weighted by Crippen LogP contribution is -2.42. The van der Waals surface area contributed by atoms with E-state index in [-0.39, 0.29) is 23.0 Å². The van der Waals surface area contributed by atoms with Gasteiger partial charge in [-0.15, -0.1) is 0 Å². The lowest BCUT2D eigenvalue weighted by molar-refractivity contribution is 0.0474. The molecule has 2 aromatic carbocycles. The summed E-state index contributed by atoms with van der Waals surface area (Å²) in [4.78, 5) is 26.0. The first kappa shape index (κ1) is 17.2. The monoisotopic (exact) mass is 339 g/mol. The molecule has 0 bridgehead atoms. The summed E-state index contributed by atoms with van der Waals surface area (Å²) >= 11 is 0. The van der Waals surface area contributed by atoms with Crippen LogP contribution in [-0.2, 0) is 0 Å². The molecule has 1 aliphatic rings. The van der Waals surface area contributed by atoms with Crippen molar-refractivity contribution < 1.29 is 19.8 Å². The number of phenolic OH excluding ortho intramolecular Hbond substituents is 1. The molecule has 5 heteroatoms. The summed E-state index contributed by atoms with van der Waals surface area (Å²) in [5, 5.41) is 19.6. The molecule has 0 aliphatic carbocycles. The second-order valence-corrected chi connectivity index (χ2v) is 6.42. The van der Waals surface area contributed by atoms with Gasteiger partial charge in [-0.1, -0.05) is 18.2 Å². The van der Waals surface area contributed by atoms with Crippen molar-refractivity contribution in [3.63, 3.8) is 0 Å². The van der Waals surface area contributed by atoms with E-state index in [1.165, 1.54) is 13.0 Å². The van der Waals surface area contributed by atoms with Crippen molar-refractivity contribution in [2.24, 2.45) is 0 Å². The van der Waals surface area contributed by atoms with Gasteiger partial charge in [-0.3, -0.25) is 9.59 Å². The highest BCUT2D eigenvalue weighted by Gasteiger charge is 2.23. The van der Waals surface area contributed by atoms with Crippen LogP contribution in [0.4, 0.5) is 0 Å². The van der Waals surface area contributed by atoms with Crippen molar-refractivity contribution in [1.82, 2.24) is 4.90 Å². The first-order chi connectivity index (χ1) is 12.0. The number of benzene rings is 2.